The molecule has 0 aliphatic carbocycles. The van der Waals surface area contributed by atoms with E-state index in [2.05, 4.69) is 168 Å². The Morgan fingerprint density at radius 2 is 1.07 bits per heavy atom. The number of rotatable bonds is 3. The molecule has 3 aromatic heterocycles. The van der Waals surface area contributed by atoms with Crippen molar-refractivity contribution in [2.45, 2.75) is 0 Å². The molecule has 4 heteroatoms. The molecule has 0 N–H and O–H groups in total. The van der Waals surface area contributed by atoms with Crippen molar-refractivity contribution in [3.05, 3.63) is 176 Å². The van der Waals surface area contributed by atoms with Gasteiger partial charge in [-0.1, -0.05) is 146 Å². The third-order valence-electron chi connectivity index (χ3n) is 11.2. The molecular weight excluding hydrogens is 659 g/mol. The highest BCUT2D eigenvalue weighted by Crippen LogP contribution is 2.48. The van der Waals surface area contributed by atoms with Gasteiger partial charge in [-0.3, -0.25) is 0 Å². The standard InChI is InChI=1S/C50H29N3O/c1-2-15-31(16-3-1)47-38-22-10-12-24-40(38)51-50(52-47)37-27-29-41(34-19-7-6-18-33(34)37)53-42-28-26-30-14-4-5-17-32(30)45(42)46-36-21-9-8-20-35(36)44-39-23-11-13-25-43(39)54-49(44)48(46)53/h1-29H. The number of aromatic nitrogens is 3. The second-order valence-electron chi connectivity index (χ2n) is 14.0. The van der Waals surface area contributed by atoms with E-state index in [1.807, 2.05) is 12.1 Å². The first-order valence-electron chi connectivity index (χ1n) is 18.3. The largest absolute Gasteiger partial charge is 0.454 e. The molecule has 0 aliphatic heterocycles. The topological polar surface area (TPSA) is 43.9 Å². The zero-order chi connectivity index (χ0) is 35.3. The van der Waals surface area contributed by atoms with Crippen molar-refractivity contribution in [3.8, 4) is 28.3 Å². The van der Waals surface area contributed by atoms with Crippen LogP contribution >= 0.6 is 0 Å². The summed E-state index contributed by atoms with van der Waals surface area (Å²) in [6.45, 7) is 0. The molecular formula is C50H29N3O. The number of furan rings is 1. The van der Waals surface area contributed by atoms with Crippen LogP contribution in [0.4, 0.5) is 0 Å². The van der Waals surface area contributed by atoms with Crippen LogP contribution in [-0.2, 0) is 0 Å². The van der Waals surface area contributed by atoms with Crippen LogP contribution in [0.3, 0.4) is 0 Å². The van der Waals surface area contributed by atoms with Gasteiger partial charge in [0.15, 0.2) is 11.4 Å². The highest BCUT2D eigenvalue weighted by Gasteiger charge is 2.25. The first-order valence-corrected chi connectivity index (χ1v) is 18.3. The lowest BCUT2D eigenvalue weighted by atomic mass is 9.97. The minimum absolute atomic E-state index is 0.703. The fraction of sp³-hybridized carbons (Fsp3) is 0. The van der Waals surface area contributed by atoms with Crippen LogP contribution in [0.25, 0.3) is 115 Å². The van der Waals surface area contributed by atoms with Crippen molar-refractivity contribution in [2.24, 2.45) is 0 Å². The van der Waals surface area contributed by atoms with Gasteiger partial charge in [0.2, 0.25) is 0 Å². The second kappa shape index (κ2) is 11.1. The summed E-state index contributed by atoms with van der Waals surface area (Å²) >= 11 is 0. The van der Waals surface area contributed by atoms with Crippen LogP contribution in [0.1, 0.15) is 0 Å². The quantitative estimate of drug-likeness (QED) is 0.186. The summed E-state index contributed by atoms with van der Waals surface area (Å²) in [5.74, 6) is 0.703. The first-order chi connectivity index (χ1) is 26.8. The van der Waals surface area contributed by atoms with Gasteiger partial charge in [0, 0.05) is 43.4 Å². The van der Waals surface area contributed by atoms with Gasteiger partial charge in [-0.15, -0.1) is 0 Å². The number of fused-ring (bicyclic) bond motifs is 14. The Bertz CT molecular complexity index is 3500. The number of hydrogen-bond acceptors (Lipinski definition) is 3. The van der Waals surface area contributed by atoms with Gasteiger partial charge in [-0.25, -0.2) is 9.97 Å². The van der Waals surface area contributed by atoms with E-state index in [-0.39, 0.29) is 0 Å². The molecule has 0 fully saturated rings. The summed E-state index contributed by atoms with van der Waals surface area (Å²) in [4.78, 5) is 10.5. The van der Waals surface area contributed by atoms with E-state index in [0.717, 1.165) is 77.2 Å². The Balaban J connectivity index is 1.24. The van der Waals surface area contributed by atoms with Crippen molar-refractivity contribution in [2.75, 3.05) is 0 Å². The van der Waals surface area contributed by atoms with E-state index in [0.29, 0.717) is 5.82 Å². The fourth-order valence-electron chi connectivity index (χ4n) is 8.87. The molecule has 12 rings (SSSR count). The molecule has 3 heterocycles. The van der Waals surface area contributed by atoms with Gasteiger partial charge in [0.1, 0.15) is 5.58 Å². The van der Waals surface area contributed by atoms with E-state index >= 15 is 0 Å². The number of benzene rings is 9. The molecule has 0 unspecified atom stereocenters. The van der Waals surface area contributed by atoms with Crippen LogP contribution in [0, 0.1) is 0 Å². The van der Waals surface area contributed by atoms with E-state index in [4.69, 9.17) is 14.4 Å². The maximum Gasteiger partial charge on any atom is 0.161 e. The van der Waals surface area contributed by atoms with E-state index in [1.165, 1.54) is 32.3 Å². The van der Waals surface area contributed by atoms with Crippen LogP contribution in [0.2, 0.25) is 0 Å². The Hall–Kier alpha value is -7.30. The smallest absolute Gasteiger partial charge is 0.161 e. The lowest BCUT2D eigenvalue weighted by Gasteiger charge is -2.16. The van der Waals surface area contributed by atoms with Crippen LogP contribution in [0.5, 0.6) is 0 Å². The van der Waals surface area contributed by atoms with Crippen molar-refractivity contribution in [1.29, 1.82) is 0 Å². The monoisotopic (exact) mass is 687 g/mol. The molecule has 0 spiro atoms. The molecule has 0 saturated carbocycles. The highest BCUT2D eigenvalue weighted by molar-refractivity contribution is 6.38. The molecule has 4 nitrogen and oxygen atoms in total. The van der Waals surface area contributed by atoms with E-state index < -0.39 is 0 Å². The van der Waals surface area contributed by atoms with Gasteiger partial charge in [0.05, 0.1) is 27.9 Å². The van der Waals surface area contributed by atoms with E-state index in [1.54, 1.807) is 0 Å². The molecule has 0 atom stereocenters. The van der Waals surface area contributed by atoms with Crippen molar-refractivity contribution < 1.29 is 4.42 Å². The third kappa shape index (κ3) is 4.02. The van der Waals surface area contributed by atoms with Gasteiger partial charge < -0.3 is 8.98 Å². The number of hydrogen-bond donors (Lipinski definition) is 0. The lowest BCUT2D eigenvalue weighted by molar-refractivity contribution is 0.671. The predicted molar refractivity (Wildman–Crippen MR) is 225 cm³/mol. The lowest BCUT2D eigenvalue weighted by Crippen LogP contribution is -1.99. The molecule has 0 aliphatic rings. The summed E-state index contributed by atoms with van der Waals surface area (Å²) in [5, 5.41) is 12.7. The van der Waals surface area contributed by atoms with Crippen LogP contribution in [0.15, 0.2) is 180 Å². The molecule has 0 amide bonds. The Labute approximate surface area is 309 Å². The Morgan fingerprint density at radius 3 is 1.91 bits per heavy atom. The maximum absolute atomic E-state index is 6.94. The molecule has 250 valence electrons. The fourth-order valence-corrected chi connectivity index (χ4v) is 8.87. The van der Waals surface area contributed by atoms with Gasteiger partial charge in [-0.05, 0) is 57.3 Å². The first kappa shape index (κ1) is 29.3. The normalized spacial score (nSPS) is 12.1. The summed E-state index contributed by atoms with van der Waals surface area (Å²) in [5.41, 5.74) is 8.95. The summed E-state index contributed by atoms with van der Waals surface area (Å²) in [7, 11) is 0. The SMILES string of the molecule is c1ccc(-c2nc(-c3ccc(-n4c5ccc6ccccc6c5c5c6ccccc6c6c7ccccc7oc6c54)c4ccccc34)nc3ccccc23)cc1. The van der Waals surface area contributed by atoms with Crippen molar-refractivity contribution in [3.63, 3.8) is 0 Å². The Morgan fingerprint density at radius 1 is 0.426 bits per heavy atom. The van der Waals surface area contributed by atoms with Gasteiger partial charge >= 0.3 is 0 Å². The van der Waals surface area contributed by atoms with Gasteiger partial charge in [-0.2, -0.15) is 0 Å². The summed E-state index contributed by atoms with van der Waals surface area (Å²) < 4.78 is 9.38. The maximum atomic E-state index is 6.94. The zero-order valence-corrected chi connectivity index (χ0v) is 29.0. The second-order valence-corrected chi connectivity index (χ2v) is 14.0. The molecule has 0 radical (unpaired) electrons. The highest BCUT2D eigenvalue weighted by atomic mass is 16.3. The average Bonchev–Trinajstić information content (AvgIpc) is 3.80. The Kier molecular flexibility index (Phi) is 6.02. The number of para-hydroxylation sites is 2. The molecule has 54 heavy (non-hydrogen) atoms. The molecule has 0 saturated heterocycles. The van der Waals surface area contributed by atoms with Crippen molar-refractivity contribution >= 4 is 87.0 Å². The molecule has 12 aromatic rings. The zero-order valence-electron chi connectivity index (χ0n) is 29.0. The molecule has 9 aromatic carbocycles. The summed E-state index contributed by atoms with van der Waals surface area (Å²) in [6, 6.07) is 62.3. The van der Waals surface area contributed by atoms with Gasteiger partial charge in [0.25, 0.3) is 0 Å². The molecule has 0 bridgehead atoms. The van der Waals surface area contributed by atoms with Crippen LogP contribution < -0.4 is 0 Å². The summed E-state index contributed by atoms with van der Waals surface area (Å²) in [6.07, 6.45) is 0. The van der Waals surface area contributed by atoms with Crippen molar-refractivity contribution in [1.82, 2.24) is 14.5 Å². The predicted octanol–water partition coefficient (Wildman–Crippen LogP) is 13.4. The number of nitrogens with zero attached hydrogens (tertiary/aromatic N) is 3. The van der Waals surface area contributed by atoms with Crippen LogP contribution in [-0.4, -0.2) is 14.5 Å². The third-order valence-corrected chi connectivity index (χ3v) is 11.2. The minimum Gasteiger partial charge on any atom is -0.454 e. The van der Waals surface area contributed by atoms with E-state index in [9.17, 15) is 0 Å². The average molecular weight is 688 g/mol. The minimum atomic E-state index is 0.703.